The number of nitrogens with two attached hydrogens (primary N) is 1. The molecule has 0 spiro atoms. The van der Waals surface area contributed by atoms with Crippen molar-refractivity contribution in [1.29, 1.82) is 0 Å². The number of aliphatic imine (C=N–C) groups is 1. The molecule has 15 heavy (non-hydrogen) atoms. The van der Waals surface area contributed by atoms with Gasteiger partial charge in [-0.25, -0.2) is 4.39 Å². The van der Waals surface area contributed by atoms with E-state index in [2.05, 4.69) is 4.99 Å². The summed E-state index contributed by atoms with van der Waals surface area (Å²) in [5.74, 6) is 0. The van der Waals surface area contributed by atoms with Crippen molar-refractivity contribution in [3.8, 4) is 0 Å². The lowest BCUT2D eigenvalue weighted by molar-refractivity contribution is -0.0615. The molecule has 0 atom stereocenters. The molecule has 1 aliphatic rings. The first kappa shape index (κ1) is 12.4. The number of nitrogens with zero attached hydrogens (tertiary/aromatic N) is 1. The molecule has 1 rings (SSSR count). The molecule has 0 aliphatic heterocycles. The number of hydrogen-bond acceptors (Lipinski definition) is 2. The van der Waals surface area contributed by atoms with Gasteiger partial charge in [-0.2, -0.15) is 13.2 Å². The highest BCUT2D eigenvalue weighted by atomic mass is 19.4. The van der Waals surface area contributed by atoms with Crippen LogP contribution in [0.5, 0.6) is 0 Å². The molecule has 0 heterocycles. The van der Waals surface area contributed by atoms with Crippen molar-refractivity contribution in [2.75, 3.05) is 6.67 Å². The molecule has 0 bridgehead atoms. The Hall–Kier alpha value is -0.650. The largest absolute Gasteiger partial charge is 0.431 e. The molecule has 2 nitrogen and oxygen atoms in total. The molecule has 0 saturated heterocycles. The zero-order chi connectivity index (χ0) is 11.5. The average Bonchev–Trinajstić information content (AvgIpc) is 2.15. The minimum atomic E-state index is -4.64. The SMILES string of the molecule is NC1CCC(N=C(CF)C(F)(F)F)CC1. The number of rotatable bonds is 2. The van der Waals surface area contributed by atoms with Crippen molar-refractivity contribution in [2.24, 2.45) is 10.7 Å². The average molecular weight is 226 g/mol. The second-order valence-electron chi connectivity index (χ2n) is 3.78. The van der Waals surface area contributed by atoms with E-state index in [0.29, 0.717) is 25.7 Å². The van der Waals surface area contributed by atoms with E-state index < -0.39 is 24.6 Å². The van der Waals surface area contributed by atoms with Gasteiger partial charge in [0.25, 0.3) is 0 Å². The fraction of sp³-hybridized carbons (Fsp3) is 0.889. The van der Waals surface area contributed by atoms with E-state index >= 15 is 0 Å². The summed E-state index contributed by atoms with van der Waals surface area (Å²) >= 11 is 0. The Morgan fingerprint density at radius 3 is 2.13 bits per heavy atom. The Morgan fingerprint density at radius 2 is 1.73 bits per heavy atom. The summed E-state index contributed by atoms with van der Waals surface area (Å²) in [7, 11) is 0. The predicted molar refractivity (Wildman–Crippen MR) is 49.7 cm³/mol. The maximum Gasteiger partial charge on any atom is 0.431 e. The lowest BCUT2D eigenvalue weighted by Gasteiger charge is -2.24. The van der Waals surface area contributed by atoms with Crippen LogP contribution in [0.15, 0.2) is 4.99 Å². The molecule has 0 aromatic rings. The van der Waals surface area contributed by atoms with E-state index in [1.165, 1.54) is 0 Å². The van der Waals surface area contributed by atoms with E-state index in [1.54, 1.807) is 0 Å². The van der Waals surface area contributed by atoms with Gasteiger partial charge in [0.15, 0.2) is 0 Å². The van der Waals surface area contributed by atoms with E-state index in [4.69, 9.17) is 5.73 Å². The van der Waals surface area contributed by atoms with Crippen molar-refractivity contribution >= 4 is 5.71 Å². The van der Waals surface area contributed by atoms with Gasteiger partial charge >= 0.3 is 6.18 Å². The van der Waals surface area contributed by atoms with Gasteiger partial charge in [0.1, 0.15) is 12.4 Å². The Morgan fingerprint density at radius 1 is 1.20 bits per heavy atom. The Balaban J connectivity index is 2.60. The topological polar surface area (TPSA) is 38.4 Å². The molecule has 6 heteroatoms. The van der Waals surface area contributed by atoms with E-state index in [0.717, 1.165) is 0 Å². The number of alkyl halides is 4. The van der Waals surface area contributed by atoms with Crippen LogP contribution in [-0.2, 0) is 0 Å². The van der Waals surface area contributed by atoms with Gasteiger partial charge in [-0.05, 0) is 25.7 Å². The van der Waals surface area contributed by atoms with Crippen LogP contribution >= 0.6 is 0 Å². The molecular weight excluding hydrogens is 212 g/mol. The molecule has 1 saturated carbocycles. The van der Waals surface area contributed by atoms with Gasteiger partial charge in [-0.15, -0.1) is 0 Å². The third-order valence-corrected chi connectivity index (χ3v) is 2.53. The van der Waals surface area contributed by atoms with Crippen molar-refractivity contribution < 1.29 is 17.6 Å². The van der Waals surface area contributed by atoms with Crippen LogP contribution in [0.25, 0.3) is 0 Å². The summed E-state index contributed by atoms with van der Waals surface area (Å²) in [6, 6.07) is -0.367. The quantitative estimate of drug-likeness (QED) is 0.569. The minimum Gasteiger partial charge on any atom is -0.328 e. The molecule has 0 aromatic carbocycles. The number of hydrogen-bond donors (Lipinski definition) is 1. The first-order valence-electron chi connectivity index (χ1n) is 4.89. The summed E-state index contributed by atoms with van der Waals surface area (Å²) in [6.45, 7) is -1.55. The van der Waals surface area contributed by atoms with Crippen LogP contribution in [0.2, 0.25) is 0 Å². The van der Waals surface area contributed by atoms with Gasteiger partial charge in [-0.1, -0.05) is 0 Å². The highest BCUT2D eigenvalue weighted by Gasteiger charge is 2.36. The van der Waals surface area contributed by atoms with Gasteiger partial charge in [-0.3, -0.25) is 4.99 Å². The molecule has 0 aromatic heterocycles. The van der Waals surface area contributed by atoms with Crippen molar-refractivity contribution in [3.63, 3.8) is 0 Å². The molecule has 0 amide bonds. The van der Waals surface area contributed by atoms with Crippen LogP contribution in [0.3, 0.4) is 0 Å². The Labute approximate surface area is 85.6 Å². The standard InChI is InChI=1S/C9H14F4N2/c10-5-8(9(11,12)13)15-7-3-1-6(14)2-4-7/h6-7H,1-5,14H2. The van der Waals surface area contributed by atoms with Crippen molar-refractivity contribution in [2.45, 2.75) is 43.9 Å². The second-order valence-corrected chi connectivity index (χ2v) is 3.78. The van der Waals surface area contributed by atoms with Crippen LogP contribution in [0, 0.1) is 0 Å². The Bertz CT molecular complexity index is 229. The van der Waals surface area contributed by atoms with Crippen LogP contribution in [-0.4, -0.2) is 30.6 Å². The molecule has 88 valence electrons. The Kier molecular flexibility index (Phi) is 4.07. The fourth-order valence-corrected chi connectivity index (χ4v) is 1.63. The second kappa shape index (κ2) is 4.92. The minimum absolute atomic E-state index is 0.0520. The van der Waals surface area contributed by atoms with Crippen molar-refractivity contribution in [3.05, 3.63) is 0 Å². The van der Waals surface area contributed by atoms with E-state index in [-0.39, 0.29) is 6.04 Å². The summed E-state index contributed by atoms with van der Waals surface area (Å²) < 4.78 is 48.6. The molecule has 2 N–H and O–H groups in total. The van der Waals surface area contributed by atoms with Gasteiger partial charge in [0, 0.05) is 6.04 Å². The first-order valence-corrected chi connectivity index (χ1v) is 4.89. The molecular formula is C9H14F4N2. The lowest BCUT2D eigenvalue weighted by atomic mass is 9.92. The summed E-state index contributed by atoms with van der Waals surface area (Å²) in [6.07, 6.45) is -2.30. The zero-order valence-corrected chi connectivity index (χ0v) is 8.23. The summed E-state index contributed by atoms with van der Waals surface area (Å²) in [5, 5.41) is 0. The van der Waals surface area contributed by atoms with Crippen molar-refractivity contribution in [1.82, 2.24) is 0 Å². The first-order chi connectivity index (χ1) is 6.93. The monoisotopic (exact) mass is 226 g/mol. The highest BCUT2D eigenvalue weighted by Crippen LogP contribution is 2.24. The van der Waals surface area contributed by atoms with Gasteiger partial charge < -0.3 is 5.73 Å². The predicted octanol–water partition coefficient (Wildman–Crippen LogP) is 2.23. The smallest absolute Gasteiger partial charge is 0.328 e. The van der Waals surface area contributed by atoms with E-state index in [1.807, 2.05) is 0 Å². The normalized spacial score (nSPS) is 29.3. The molecule has 0 radical (unpaired) electrons. The number of halogens is 4. The van der Waals surface area contributed by atoms with Crippen LogP contribution in [0.4, 0.5) is 17.6 Å². The molecule has 0 unspecified atom stereocenters. The summed E-state index contributed by atoms with van der Waals surface area (Å²) in [5.41, 5.74) is 4.30. The van der Waals surface area contributed by atoms with Gasteiger partial charge in [0.05, 0.1) is 6.04 Å². The molecule has 1 fully saturated rings. The van der Waals surface area contributed by atoms with E-state index in [9.17, 15) is 17.6 Å². The maximum absolute atomic E-state index is 12.2. The van der Waals surface area contributed by atoms with Crippen LogP contribution in [0.1, 0.15) is 25.7 Å². The van der Waals surface area contributed by atoms with Gasteiger partial charge in [0.2, 0.25) is 0 Å². The maximum atomic E-state index is 12.2. The summed E-state index contributed by atoms with van der Waals surface area (Å²) in [4.78, 5) is 3.42. The third-order valence-electron chi connectivity index (χ3n) is 2.53. The third kappa shape index (κ3) is 3.77. The fourth-order valence-electron chi connectivity index (χ4n) is 1.63. The molecule has 1 aliphatic carbocycles. The zero-order valence-electron chi connectivity index (χ0n) is 8.23. The van der Waals surface area contributed by atoms with Crippen LogP contribution < -0.4 is 5.73 Å². The highest BCUT2D eigenvalue weighted by molar-refractivity contribution is 5.90. The lowest BCUT2D eigenvalue weighted by Crippen LogP contribution is -2.31.